The molecule has 152 valence electrons. The Hall–Kier alpha value is -2.90. The number of benzene rings is 3. The molecule has 5 nitrogen and oxygen atoms in total. The van der Waals surface area contributed by atoms with Crippen molar-refractivity contribution in [1.82, 2.24) is 5.16 Å². The molecule has 0 saturated heterocycles. The molecule has 1 heterocycles. The van der Waals surface area contributed by atoms with E-state index in [1.165, 1.54) is 4.31 Å². The third kappa shape index (κ3) is 3.78. The van der Waals surface area contributed by atoms with Crippen LogP contribution in [-0.2, 0) is 10.0 Å². The zero-order valence-electron chi connectivity index (χ0n) is 16.4. The Kier molecular flexibility index (Phi) is 5.49. The Labute approximate surface area is 184 Å². The summed E-state index contributed by atoms with van der Waals surface area (Å²) in [6.07, 6.45) is 0. The lowest BCUT2D eigenvalue weighted by atomic mass is 10.0. The summed E-state index contributed by atoms with van der Waals surface area (Å²) >= 11 is 3.40. The maximum atomic E-state index is 13.6. The molecule has 0 atom stereocenters. The summed E-state index contributed by atoms with van der Waals surface area (Å²) in [4.78, 5) is 0.156. The number of hydrogen-bond acceptors (Lipinski definition) is 4. The number of aromatic nitrogens is 1. The van der Waals surface area contributed by atoms with Crippen molar-refractivity contribution in [2.45, 2.75) is 18.7 Å². The monoisotopic (exact) mass is 482 g/mol. The van der Waals surface area contributed by atoms with Crippen LogP contribution in [0.1, 0.15) is 11.3 Å². The van der Waals surface area contributed by atoms with Crippen LogP contribution in [-0.4, -0.2) is 13.6 Å². The molecule has 0 N–H and O–H groups in total. The van der Waals surface area contributed by atoms with Gasteiger partial charge in [0, 0.05) is 0 Å². The molecular weight excluding hydrogens is 464 g/mol. The largest absolute Gasteiger partial charge is 0.336 e. The van der Waals surface area contributed by atoms with E-state index in [2.05, 4.69) is 27.2 Å². The van der Waals surface area contributed by atoms with Gasteiger partial charge in [-0.2, -0.15) is 4.31 Å². The maximum Gasteiger partial charge on any atom is 0.271 e. The van der Waals surface area contributed by atoms with Gasteiger partial charge in [-0.05, 0) is 65.2 Å². The van der Waals surface area contributed by atoms with Crippen LogP contribution in [0.15, 0.2) is 92.8 Å². The highest BCUT2D eigenvalue weighted by atomic mass is 79.9. The summed E-state index contributed by atoms with van der Waals surface area (Å²) < 4.78 is 34.3. The van der Waals surface area contributed by atoms with Crippen LogP contribution < -0.4 is 4.31 Å². The highest BCUT2D eigenvalue weighted by molar-refractivity contribution is 9.10. The summed E-state index contributed by atoms with van der Waals surface area (Å²) in [5.41, 5.74) is 4.14. The van der Waals surface area contributed by atoms with Gasteiger partial charge >= 0.3 is 0 Å². The highest BCUT2D eigenvalue weighted by Gasteiger charge is 2.32. The standard InChI is InChI=1S/C23H19BrN2O3S/c1-16-7-6-8-19(15-16)18-11-13-21(14-12-18)30(27,28)26(20-9-4-3-5-10-20)23-22(24)17(2)25-29-23/h3-15H,1-2H3. The second-order valence-electron chi connectivity index (χ2n) is 6.89. The average Bonchev–Trinajstić information content (AvgIpc) is 3.07. The first kappa shape index (κ1) is 20.4. The van der Waals surface area contributed by atoms with E-state index < -0.39 is 10.0 Å². The maximum absolute atomic E-state index is 13.6. The zero-order valence-corrected chi connectivity index (χ0v) is 18.8. The summed E-state index contributed by atoms with van der Waals surface area (Å²) in [6, 6.07) is 23.7. The van der Waals surface area contributed by atoms with Gasteiger partial charge in [-0.3, -0.25) is 0 Å². The van der Waals surface area contributed by atoms with Gasteiger partial charge < -0.3 is 4.52 Å². The number of rotatable bonds is 5. The van der Waals surface area contributed by atoms with Crippen molar-refractivity contribution < 1.29 is 12.9 Å². The van der Waals surface area contributed by atoms with Crippen LogP contribution in [0.4, 0.5) is 11.6 Å². The fraction of sp³-hybridized carbons (Fsp3) is 0.0870. The number of hydrogen-bond donors (Lipinski definition) is 0. The number of sulfonamides is 1. The van der Waals surface area contributed by atoms with E-state index in [9.17, 15) is 8.42 Å². The van der Waals surface area contributed by atoms with Crippen LogP contribution in [0.2, 0.25) is 0 Å². The minimum atomic E-state index is -3.95. The molecular formula is C23H19BrN2O3S. The fourth-order valence-corrected chi connectivity index (χ4v) is 5.02. The molecule has 4 aromatic rings. The molecule has 0 radical (unpaired) electrons. The minimum absolute atomic E-state index is 0.112. The summed E-state index contributed by atoms with van der Waals surface area (Å²) in [7, 11) is -3.95. The van der Waals surface area contributed by atoms with Gasteiger partial charge in [0.15, 0.2) is 0 Å². The summed E-state index contributed by atoms with van der Waals surface area (Å²) in [6.45, 7) is 3.76. The first-order valence-corrected chi connectivity index (χ1v) is 11.5. The van der Waals surface area contributed by atoms with Gasteiger partial charge in [0.05, 0.1) is 16.3 Å². The van der Waals surface area contributed by atoms with Crippen LogP contribution in [0.25, 0.3) is 11.1 Å². The zero-order chi connectivity index (χ0) is 21.3. The fourth-order valence-electron chi connectivity index (χ4n) is 3.15. The van der Waals surface area contributed by atoms with E-state index in [1.807, 2.05) is 43.3 Å². The lowest BCUT2D eigenvalue weighted by molar-refractivity contribution is 0.424. The molecule has 0 aliphatic rings. The lowest BCUT2D eigenvalue weighted by Crippen LogP contribution is -2.26. The van der Waals surface area contributed by atoms with Crippen molar-refractivity contribution in [2.75, 3.05) is 4.31 Å². The van der Waals surface area contributed by atoms with Crippen molar-refractivity contribution in [1.29, 1.82) is 0 Å². The van der Waals surface area contributed by atoms with Crippen molar-refractivity contribution in [3.8, 4) is 11.1 Å². The second-order valence-corrected chi connectivity index (χ2v) is 9.47. The molecule has 7 heteroatoms. The van der Waals surface area contributed by atoms with Gasteiger partial charge in [0.2, 0.25) is 0 Å². The molecule has 0 aliphatic carbocycles. The van der Waals surface area contributed by atoms with E-state index in [0.29, 0.717) is 15.9 Å². The Balaban J connectivity index is 1.80. The average molecular weight is 483 g/mol. The van der Waals surface area contributed by atoms with Gasteiger partial charge in [0.1, 0.15) is 4.47 Å². The van der Waals surface area contributed by atoms with Crippen LogP contribution >= 0.6 is 15.9 Å². The predicted octanol–water partition coefficient (Wildman–Crippen LogP) is 6.25. The third-order valence-electron chi connectivity index (χ3n) is 4.69. The predicted molar refractivity (Wildman–Crippen MR) is 121 cm³/mol. The van der Waals surface area contributed by atoms with Gasteiger partial charge in [-0.25, -0.2) is 8.42 Å². The minimum Gasteiger partial charge on any atom is -0.336 e. The number of nitrogens with zero attached hydrogens (tertiary/aromatic N) is 2. The molecule has 0 unspecified atom stereocenters. The molecule has 0 saturated carbocycles. The Bertz CT molecular complexity index is 1280. The van der Waals surface area contributed by atoms with E-state index >= 15 is 0 Å². The summed E-state index contributed by atoms with van der Waals surface area (Å²) in [5.74, 6) is 0.112. The van der Waals surface area contributed by atoms with Gasteiger partial charge in [0.25, 0.3) is 15.9 Å². The SMILES string of the molecule is Cc1cccc(-c2ccc(S(=O)(=O)N(c3ccccc3)c3onc(C)c3Br)cc2)c1. The molecule has 30 heavy (non-hydrogen) atoms. The lowest BCUT2D eigenvalue weighted by Gasteiger charge is -2.22. The Morgan fingerprint density at radius 3 is 2.17 bits per heavy atom. The molecule has 0 amide bonds. The normalized spacial score (nSPS) is 11.4. The molecule has 0 spiro atoms. The van der Waals surface area contributed by atoms with Crippen molar-refractivity contribution in [2.24, 2.45) is 0 Å². The van der Waals surface area contributed by atoms with E-state index in [-0.39, 0.29) is 10.8 Å². The smallest absolute Gasteiger partial charge is 0.271 e. The van der Waals surface area contributed by atoms with Gasteiger partial charge in [-0.15, -0.1) is 0 Å². The molecule has 3 aromatic carbocycles. The first-order chi connectivity index (χ1) is 14.4. The van der Waals surface area contributed by atoms with E-state index in [1.54, 1.807) is 43.3 Å². The number of halogens is 1. The van der Waals surface area contributed by atoms with E-state index in [0.717, 1.165) is 16.7 Å². The molecule has 0 bridgehead atoms. The summed E-state index contributed by atoms with van der Waals surface area (Å²) in [5, 5.41) is 3.90. The molecule has 0 fully saturated rings. The highest BCUT2D eigenvalue weighted by Crippen LogP contribution is 2.38. The van der Waals surface area contributed by atoms with Gasteiger partial charge in [-0.1, -0.05) is 65.3 Å². The van der Waals surface area contributed by atoms with Crippen LogP contribution in [0, 0.1) is 13.8 Å². The van der Waals surface area contributed by atoms with Crippen molar-refractivity contribution in [3.05, 3.63) is 94.6 Å². The topological polar surface area (TPSA) is 63.4 Å². The quantitative estimate of drug-likeness (QED) is 0.337. The van der Waals surface area contributed by atoms with Crippen LogP contribution in [0.5, 0.6) is 0 Å². The van der Waals surface area contributed by atoms with Crippen LogP contribution in [0.3, 0.4) is 0 Å². The van der Waals surface area contributed by atoms with Crippen molar-refractivity contribution in [3.63, 3.8) is 0 Å². The second kappa shape index (κ2) is 8.08. The number of anilines is 2. The third-order valence-corrected chi connectivity index (χ3v) is 7.33. The van der Waals surface area contributed by atoms with E-state index in [4.69, 9.17) is 4.52 Å². The Morgan fingerprint density at radius 2 is 1.57 bits per heavy atom. The molecule has 0 aliphatic heterocycles. The number of aryl methyl sites for hydroxylation is 2. The molecule has 4 rings (SSSR count). The Morgan fingerprint density at radius 1 is 0.867 bits per heavy atom. The molecule has 1 aromatic heterocycles. The number of para-hydroxylation sites is 1. The first-order valence-electron chi connectivity index (χ1n) is 9.27. The van der Waals surface area contributed by atoms with Crippen molar-refractivity contribution >= 4 is 37.5 Å².